The predicted octanol–water partition coefficient (Wildman–Crippen LogP) is 3.59. The van der Waals surface area contributed by atoms with Crippen molar-refractivity contribution in [2.45, 2.75) is 136 Å². The summed E-state index contributed by atoms with van der Waals surface area (Å²) < 4.78 is 30.3. The van der Waals surface area contributed by atoms with Gasteiger partial charge in [-0.3, -0.25) is 19.2 Å². The molecule has 2 heterocycles. The van der Waals surface area contributed by atoms with Gasteiger partial charge in [0.25, 0.3) is 0 Å². The molecule has 0 spiro atoms. The number of alkyl carbamates (subject to hydrolysis) is 1. The number of ketones is 2. The summed E-state index contributed by atoms with van der Waals surface area (Å²) in [5, 5.41) is 28.7. The number of likely N-dealkylation sites (N-methyl/N-ethyl adjacent to an activating group) is 1. The monoisotopic (exact) mass is 817 g/mol. The molecule has 15 heteroatoms. The Hall–Kier alpha value is -3.73. The van der Waals surface area contributed by atoms with Gasteiger partial charge in [-0.2, -0.15) is 0 Å². The number of amides is 2. The van der Waals surface area contributed by atoms with Crippen molar-refractivity contribution in [1.29, 1.82) is 0 Å². The number of ether oxygens (including phenoxy) is 5. The lowest BCUT2D eigenvalue weighted by Crippen LogP contribution is -2.60. The van der Waals surface area contributed by atoms with Gasteiger partial charge in [-0.15, -0.1) is 0 Å². The standard InChI is InChI=1S/C43H67N3O12/c1-13-32-43(9,53)38(58-41(52)45-21-20-44-33(47)19-18-30-16-14-24(2)15-17-30)27(5)34(48)25(3)23-42(8,54-12)37(28(6)35(49)29(7)39(51)56-32)57-40-36(50)31(46(10)11)22-26(4)55-40/h14-19,25-29,31-32,36-38,40,50,53H,13,20-23H2,1-12H3,(H,44,47)(H,45,52)/b19-18+/t25-,26-,27+,28+,29-,31+,32-,36-,37-,38-,40+,42-,43-/m1/s1. The molecule has 0 radical (unpaired) electrons. The summed E-state index contributed by atoms with van der Waals surface area (Å²) in [5.41, 5.74) is -1.52. The van der Waals surface area contributed by atoms with E-state index in [2.05, 4.69) is 10.6 Å². The minimum Gasteiger partial charge on any atom is -0.459 e. The predicted molar refractivity (Wildman–Crippen MR) is 216 cm³/mol. The van der Waals surface area contributed by atoms with Crippen LogP contribution in [0.15, 0.2) is 30.3 Å². The maximum Gasteiger partial charge on any atom is 0.407 e. The van der Waals surface area contributed by atoms with Crippen molar-refractivity contribution in [2.75, 3.05) is 34.3 Å². The number of aryl methyl sites for hydroxylation is 1. The minimum atomic E-state index is -2.10. The first kappa shape index (κ1) is 48.6. The summed E-state index contributed by atoms with van der Waals surface area (Å²) in [6.07, 6.45) is -3.88. The zero-order valence-electron chi connectivity index (χ0n) is 36.3. The Balaban J connectivity index is 1.90. The molecule has 0 aliphatic carbocycles. The fourth-order valence-electron chi connectivity index (χ4n) is 8.06. The largest absolute Gasteiger partial charge is 0.459 e. The molecule has 2 aliphatic rings. The van der Waals surface area contributed by atoms with E-state index in [9.17, 15) is 34.2 Å². The molecule has 3 rings (SSSR count). The molecule has 1 aromatic carbocycles. The number of Topliss-reactive ketones (excluding diaryl/α,β-unsaturated/α-hetero) is 2. The first-order valence-corrected chi connectivity index (χ1v) is 20.3. The average molecular weight is 818 g/mol. The Morgan fingerprint density at radius 2 is 1.57 bits per heavy atom. The number of hydrogen-bond donors (Lipinski definition) is 4. The molecular weight excluding hydrogens is 750 g/mol. The third kappa shape index (κ3) is 12.2. The Kier molecular flexibility index (Phi) is 17.6. The third-order valence-corrected chi connectivity index (χ3v) is 11.7. The van der Waals surface area contributed by atoms with Gasteiger partial charge in [0.2, 0.25) is 5.91 Å². The molecule has 0 saturated carbocycles. The average Bonchev–Trinajstić information content (AvgIpc) is 3.18. The first-order chi connectivity index (χ1) is 27.1. The van der Waals surface area contributed by atoms with Gasteiger partial charge in [0.05, 0.1) is 23.7 Å². The number of hydrogen-bond acceptors (Lipinski definition) is 13. The van der Waals surface area contributed by atoms with E-state index >= 15 is 0 Å². The molecule has 0 bridgehead atoms. The zero-order chi connectivity index (χ0) is 43.7. The van der Waals surface area contributed by atoms with Crippen LogP contribution < -0.4 is 10.6 Å². The Morgan fingerprint density at radius 3 is 2.16 bits per heavy atom. The van der Waals surface area contributed by atoms with Crippen LogP contribution in [0, 0.1) is 30.6 Å². The van der Waals surface area contributed by atoms with Crippen LogP contribution in [0.2, 0.25) is 0 Å². The summed E-state index contributed by atoms with van der Waals surface area (Å²) in [6, 6.07) is 7.32. The van der Waals surface area contributed by atoms with Crippen LogP contribution in [0.1, 0.15) is 85.8 Å². The first-order valence-electron chi connectivity index (χ1n) is 20.3. The Morgan fingerprint density at radius 1 is 0.966 bits per heavy atom. The molecule has 2 fully saturated rings. The van der Waals surface area contributed by atoms with E-state index in [1.54, 1.807) is 33.8 Å². The molecule has 1 aromatic rings. The second-order valence-electron chi connectivity index (χ2n) is 16.7. The molecule has 0 unspecified atom stereocenters. The van der Waals surface area contributed by atoms with Gasteiger partial charge in [-0.1, -0.05) is 57.5 Å². The Bertz CT molecular complexity index is 1600. The van der Waals surface area contributed by atoms with Crippen LogP contribution >= 0.6 is 0 Å². The quantitative estimate of drug-likeness (QED) is 0.110. The number of benzene rings is 1. The van der Waals surface area contributed by atoms with Crippen molar-refractivity contribution in [3.63, 3.8) is 0 Å². The lowest BCUT2D eigenvalue weighted by atomic mass is 9.74. The van der Waals surface area contributed by atoms with Crippen LogP contribution in [-0.2, 0) is 42.9 Å². The summed E-state index contributed by atoms with van der Waals surface area (Å²) in [4.78, 5) is 69.7. The van der Waals surface area contributed by atoms with Crippen LogP contribution in [0.4, 0.5) is 4.79 Å². The van der Waals surface area contributed by atoms with E-state index in [-0.39, 0.29) is 44.0 Å². The fourth-order valence-corrected chi connectivity index (χ4v) is 8.06. The fraction of sp³-hybridized carbons (Fsp3) is 0.698. The molecule has 15 nitrogen and oxygen atoms in total. The second kappa shape index (κ2) is 21.0. The lowest BCUT2D eigenvalue weighted by Gasteiger charge is -2.47. The van der Waals surface area contributed by atoms with Gasteiger partial charge < -0.3 is 49.4 Å². The number of aliphatic hydroxyl groups excluding tert-OH is 1. The van der Waals surface area contributed by atoms with Crippen molar-refractivity contribution in [3.05, 3.63) is 41.5 Å². The van der Waals surface area contributed by atoms with E-state index in [4.69, 9.17) is 23.7 Å². The summed E-state index contributed by atoms with van der Waals surface area (Å²) in [6.45, 7) is 14.7. The number of aliphatic hydroxyl groups is 2. The molecule has 2 aliphatic heterocycles. The van der Waals surface area contributed by atoms with E-state index in [1.807, 2.05) is 57.1 Å². The number of nitrogens with one attached hydrogen (secondary N) is 2. The van der Waals surface area contributed by atoms with Crippen LogP contribution in [0.3, 0.4) is 0 Å². The molecule has 2 saturated heterocycles. The highest BCUT2D eigenvalue weighted by atomic mass is 16.7. The normalized spacial score (nSPS) is 35.6. The van der Waals surface area contributed by atoms with Crippen molar-refractivity contribution in [3.8, 4) is 0 Å². The SMILES string of the molecule is CC[C@H]1OC(=O)[C@H](C)C(=O)[C@H](C)[C@@H](O[C@@H]2O[C@H](C)C[C@H](N(C)C)[C@H]2O)[C@](C)(OC)C[C@@H](C)C(=O)[C@H](C)[C@@H](OC(=O)NCCNC(=O)/C=C/c2ccc(C)cc2)[C@]1(C)O. The number of cyclic esters (lactones) is 1. The van der Waals surface area contributed by atoms with Crippen LogP contribution in [0.25, 0.3) is 6.08 Å². The zero-order valence-corrected chi connectivity index (χ0v) is 36.3. The maximum atomic E-state index is 14.4. The van der Waals surface area contributed by atoms with E-state index < -0.39 is 89.2 Å². The molecule has 0 aromatic heterocycles. The summed E-state index contributed by atoms with van der Waals surface area (Å²) in [7, 11) is 5.10. The van der Waals surface area contributed by atoms with Crippen molar-refractivity contribution >= 4 is 35.6 Å². The van der Waals surface area contributed by atoms with Crippen molar-refractivity contribution < 1.29 is 57.9 Å². The second-order valence-corrected chi connectivity index (χ2v) is 16.7. The molecule has 13 atom stereocenters. The number of carbonyl (C=O) groups is 5. The minimum absolute atomic E-state index is 0.000408. The van der Waals surface area contributed by atoms with Gasteiger partial charge in [0, 0.05) is 44.2 Å². The highest BCUT2D eigenvalue weighted by Gasteiger charge is 2.53. The van der Waals surface area contributed by atoms with Crippen molar-refractivity contribution in [1.82, 2.24) is 15.5 Å². The number of carbonyl (C=O) groups excluding carboxylic acids is 5. The van der Waals surface area contributed by atoms with Gasteiger partial charge in [0.1, 0.15) is 35.6 Å². The number of esters is 1. The lowest BCUT2D eigenvalue weighted by molar-refractivity contribution is -0.295. The topological polar surface area (TPSA) is 199 Å². The smallest absolute Gasteiger partial charge is 0.407 e. The Labute approximate surface area is 343 Å². The highest BCUT2D eigenvalue weighted by Crippen LogP contribution is 2.39. The van der Waals surface area contributed by atoms with Crippen LogP contribution in [-0.4, -0.2) is 133 Å². The van der Waals surface area contributed by atoms with Gasteiger partial charge >= 0.3 is 12.1 Å². The van der Waals surface area contributed by atoms with Crippen LogP contribution in [0.5, 0.6) is 0 Å². The van der Waals surface area contributed by atoms with Gasteiger partial charge in [0.15, 0.2) is 12.1 Å². The van der Waals surface area contributed by atoms with Gasteiger partial charge in [-0.25, -0.2) is 4.79 Å². The molecule has 4 N–H and O–H groups in total. The molecule has 58 heavy (non-hydrogen) atoms. The molecule has 326 valence electrons. The van der Waals surface area contributed by atoms with E-state index in [0.29, 0.717) is 6.42 Å². The van der Waals surface area contributed by atoms with Crippen molar-refractivity contribution in [2.24, 2.45) is 23.7 Å². The van der Waals surface area contributed by atoms with E-state index in [1.165, 1.54) is 34.0 Å². The third-order valence-electron chi connectivity index (χ3n) is 11.7. The molecular formula is C43H67N3O12. The maximum absolute atomic E-state index is 14.4. The summed E-state index contributed by atoms with van der Waals surface area (Å²) >= 11 is 0. The summed E-state index contributed by atoms with van der Waals surface area (Å²) in [5.74, 6) is -6.57. The molecule has 2 amide bonds. The number of nitrogens with zero attached hydrogens (tertiary/aromatic N) is 1. The number of methoxy groups -OCH3 is 1. The highest BCUT2D eigenvalue weighted by molar-refractivity contribution is 6.00. The number of rotatable bonds is 11. The van der Waals surface area contributed by atoms with E-state index in [0.717, 1.165) is 11.1 Å². The van der Waals surface area contributed by atoms with Gasteiger partial charge in [-0.05, 0) is 79.6 Å².